The van der Waals surface area contributed by atoms with Gasteiger partial charge in [-0.25, -0.2) is 0 Å². The molecule has 0 unspecified atom stereocenters. The Balaban J connectivity index is 1.27. The zero-order valence-electron chi connectivity index (χ0n) is 29.5. The van der Waals surface area contributed by atoms with Gasteiger partial charge in [-0.05, 0) is 144 Å². The number of fused-ring (bicyclic) bond motifs is 19. The lowest BCUT2D eigenvalue weighted by atomic mass is 9.78. The first-order valence-electron chi connectivity index (χ1n) is 19.9. The lowest BCUT2D eigenvalue weighted by molar-refractivity contribution is 0.0891. The van der Waals surface area contributed by atoms with E-state index in [1.165, 1.54) is 82.7 Å². The number of carbonyl (C=O) groups is 2. The second-order valence-corrected chi connectivity index (χ2v) is 16.8. The third-order valence-corrected chi connectivity index (χ3v) is 14.4. The van der Waals surface area contributed by atoms with Crippen LogP contribution >= 0.6 is 0 Å². The van der Waals surface area contributed by atoms with Gasteiger partial charge in [0.05, 0.1) is 16.6 Å². The summed E-state index contributed by atoms with van der Waals surface area (Å²) in [5.74, 6) is 1.78. The average Bonchev–Trinajstić information content (AvgIpc) is 3.52. The van der Waals surface area contributed by atoms with Gasteiger partial charge in [0.2, 0.25) is 0 Å². The molecule has 7 aliphatic carbocycles. The van der Waals surface area contributed by atoms with Gasteiger partial charge in [-0.2, -0.15) is 0 Å². The molecular formula is C50H37NO2. The summed E-state index contributed by atoms with van der Waals surface area (Å²) < 4.78 is 2.46. The van der Waals surface area contributed by atoms with Crippen LogP contribution in [0.4, 0.5) is 0 Å². The van der Waals surface area contributed by atoms with Gasteiger partial charge in [-0.1, -0.05) is 72.8 Å². The van der Waals surface area contributed by atoms with Crippen molar-refractivity contribution in [3.05, 3.63) is 125 Å². The fourth-order valence-electron chi connectivity index (χ4n) is 11.9. The fraction of sp³-hybridized carbons (Fsp3) is 0.240. The summed E-state index contributed by atoms with van der Waals surface area (Å²) in [5.41, 5.74) is 17.7. The number of benzene rings is 6. The fourth-order valence-corrected chi connectivity index (χ4v) is 11.9. The Morgan fingerprint density at radius 1 is 0.396 bits per heavy atom. The van der Waals surface area contributed by atoms with Gasteiger partial charge in [0.15, 0.2) is 11.6 Å². The molecule has 0 radical (unpaired) electrons. The van der Waals surface area contributed by atoms with E-state index in [1.807, 2.05) is 0 Å². The first kappa shape index (κ1) is 29.0. The van der Waals surface area contributed by atoms with Gasteiger partial charge in [0, 0.05) is 50.1 Å². The topological polar surface area (TPSA) is 38.5 Å². The second-order valence-electron chi connectivity index (χ2n) is 16.8. The van der Waals surface area contributed by atoms with Crippen LogP contribution in [0.15, 0.2) is 103 Å². The lowest BCUT2D eigenvalue weighted by Gasteiger charge is -2.24. The minimum Gasteiger partial charge on any atom is -0.308 e. The maximum Gasteiger partial charge on any atom is 0.166 e. The summed E-state index contributed by atoms with van der Waals surface area (Å²) in [7, 11) is 0. The monoisotopic (exact) mass is 683 g/mol. The molecule has 3 heteroatoms. The van der Waals surface area contributed by atoms with Crippen LogP contribution < -0.4 is 0 Å². The quantitative estimate of drug-likeness (QED) is 0.160. The van der Waals surface area contributed by atoms with E-state index in [1.54, 1.807) is 0 Å². The number of hydrogen-bond acceptors (Lipinski definition) is 2. The number of hydrogen-bond donors (Lipinski definition) is 0. The van der Waals surface area contributed by atoms with E-state index in [0.29, 0.717) is 23.4 Å². The Kier molecular flexibility index (Phi) is 5.53. The normalized spacial score (nSPS) is 22.6. The van der Waals surface area contributed by atoms with Gasteiger partial charge in [0.1, 0.15) is 0 Å². The van der Waals surface area contributed by atoms with Crippen molar-refractivity contribution in [3.8, 4) is 44.5 Å². The highest BCUT2D eigenvalue weighted by Crippen LogP contribution is 2.56. The summed E-state index contributed by atoms with van der Waals surface area (Å²) in [6.07, 6.45) is 8.34. The van der Waals surface area contributed by atoms with Crippen LogP contribution in [0.3, 0.4) is 0 Å². The lowest BCUT2D eigenvalue weighted by Crippen LogP contribution is -2.15. The molecule has 3 nitrogen and oxygen atoms in total. The molecule has 2 heterocycles. The summed E-state index contributed by atoms with van der Waals surface area (Å²) >= 11 is 0. The van der Waals surface area contributed by atoms with Crippen LogP contribution in [0.5, 0.6) is 0 Å². The molecule has 2 aromatic heterocycles. The van der Waals surface area contributed by atoms with Crippen molar-refractivity contribution in [2.75, 3.05) is 0 Å². The first-order chi connectivity index (χ1) is 26.1. The zero-order valence-corrected chi connectivity index (χ0v) is 29.5. The summed E-state index contributed by atoms with van der Waals surface area (Å²) in [6.45, 7) is 0. The molecule has 2 saturated carbocycles. The van der Waals surface area contributed by atoms with E-state index in [9.17, 15) is 9.59 Å². The first-order valence-corrected chi connectivity index (χ1v) is 19.9. The van der Waals surface area contributed by atoms with Crippen molar-refractivity contribution in [2.24, 2.45) is 11.8 Å². The number of nitrogens with zero attached hydrogens (tertiary/aromatic N) is 1. The van der Waals surface area contributed by atoms with Gasteiger partial charge < -0.3 is 4.40 Å². The van der Waals surface area contributed by atoms with Crippen molar-refractivity contribution < 1.29 is 9.59 Å². The molecule has 6 aromatic carbocycles. The predicted octanol–water partition coefficient (Wildman–Crippen LogP) is 12.8. The zero-order chi connectivity index (χ0) is 34.7. The molecule has 53 heavy (non-hydrogen) atoms. The smallest absolute Gasteiger partial charge is 0.166 e. The average molecular weight is 684 g/mol. The number of aromatic nitrogens is 1. The Morgan fingerprint density at radius 2 is 0.811 bits per heavy atom. The minimum absolute atomic E-state index is 0.128. The van der Waals surface area contributed by atoms with Crippen molar-refractivity contribution in [2.45, 2.75) is 63.2 Å². The summed E-state index contributed by atoms with van der Waals surface area (Å²) in [5, 5.41) is 4.95. The molecule has 8 aromatic rings. The molecule has 4 bridgehead atoms. The second kappa shape index (κ2) is 10.1. The van der Waals surface area contributed by atoms with E-state index in [-0.39, 0.29) is 11.8 Å². The van der Waals surface area contributed by atoms with Crippen molar-refractivity contribution >= 4 is 49.7 Å². The molecule has 15 rings (SSSR count). The summed E-state index contributed by atoms with van der Waals surface area (Å²) in [6, 6.07) is 38.6. The van der Waals surface area contributed by atoms with Gasteiger partial charge in [-0.3, -0.25) is 9.59 Å². The molecule has 254 valence electrons. The van der Waals surface area contributed by atoms with Crippen molar-refractivity contribution in [1.82, 2.24) is 4.40 Å². The van der Waals surface area contributed by atoms with E-state index in [0.717, 1.165) is 73.5 Å². The molecule has 0 atom stereocenters. The largest absolute Gasteiger partial charge is 0.308 e. The number of ketones is 2. The molecule has 0 saturated heterocycles. The maximum atomic E-state index is 14.2. The third kappa shape index (κ3) is 3.61. The Labute approximate surface area is 307 Å². The number of Topliss-reactive ketones (excluding diaryl/α,β-unsaturated/α-hetero) is 2. The molecule has 7 aliphatic rings. The van der Waals surface area contributed by atoms with E-state index >= 15 is 0 Å². The van der Waals surface area contributed by atoms with E-state index in [4.69, 9.17) is 0 Å². The number of carbonyl (C=O) groups excluding carboxylic acids is 2. The highest BCUT2D eigenvalue weighted by molar-refractivity contribution is 6.31. The predicted molar refractivity (Wildman–Crippen MR) is 214 cm³/mol. The molecule has 0 N–H and O–H groups in total. The van der Waals surface area contributed by atoms with Crippen LogP contribution in [0.25, 0.3) is 82.6 Å². The van der Waals surface area contributed by atoms with Crippen LogP contribution in [0.1, 0.15) is 95.0 Å². The third-order valence-electron chi connectivity index (χ3n) is 14.4. The maximum absolute atomic E-state index is 14.2. The Morgan fingerprint density at radius 3 is 1.34 bits per heavy atom. The van der Waals surface area contributed by atoms with Gasteiger partial charge in [0.25, 0.3) is 0 Å². The SMILES string of the molecule is O=C1c2cc3c(cc2C2CCC1CC2)c1cc2c(c4c5cc6c(cc5n3c14)C(=O)C1CCC6CC1)-c1ccccc1-c1ccccc1-c1ccccc1-2. The Hall–Kier alpha value is -5.54. The standard InChI is InChI=1S/C50H37NO2/c52-49-28-17-13-26(14-18-28)36-21-38-40-23-39-34-11-4-3-9-32(34)30-7-1-2-8-31(30)33-10-5-6-12-35(33)46(39)47-43-22-37-27-15-19-29(20-16-27)50(53)42(37)25-45(43)51(48(40)47)44(38)24-41(36)49/h1-12,21-29H,13-20H2. The molecular weight excluding hydrogens is 647 g/mol. The van der Waals surface area contributed by atoms with E-state index in [2.05, 4.69) is 108 Å². The minimum atomic E-state index is 0.128. The van der Waals surface area contributed by atoms with Gasteiger partial charge >= 0.3 is 0 Å². The van der Waals surface area contributed by atoms with Crippen LogP contribution in [0, 0.1) is 11.8 Å². The highest BCUT2D eigenvalue weighted by atomic mass is 16.1. The number of rotatable bonds is 0. The molecule has 0 amide bonds. The van der Waals surface area contributed by atoms with Crippen molar-refractivity contribution in [3.63, 3.8) is 0 Å². The summed E-state index contributed by atoms with van der Waals surface area (Å²) in [4.78, 5) is 28.4. The highest BCUT2D eigenvalue weighted by Gasteiger charge is 2.39. The molecule has 0 spiro atoms. The molecule has 2 fully saturated rings. The van der Waals surface area contributed by atoms with Crippen LogP contribution in [0.2, 0.25) is 0 Å². The molecule has 0 aliphatic heterocycles. The van der Waals surface area contributed by atoms with Gasteiger partial charge in [-0.15, -0.1) is 0 Å². The Bertz CT molecular complexity index is 2960. The van der Waals surface area contributed by atoms with Crippen molar-refractivity contribution in [1.29, 1.82) is 0 Å². The van der Waals surface area contributed by atoms with Crippen LogP contribution in [-0.4, -0.2) is 16.0 Å². The van der Waals surface area contributed by atoms with E-state index < -0.39 is 0 Å². The van der Waals surface area contributed by atoms with Crippen LogP contribution in [-0.2, 0) is 0 Å².